The van der Waals surface area contributed by atoms with Gasteiger partial charge in [0.25, 0.3) is 0 Å². The molecule has 0 saturated carbocycles. The van der Waals surface area contributed by atoms with Gasteiger partial charge in [-0.1, -0.05) is 31.2 Å². The fourth-order valence-electron chi connectivity index (χ4n) is 1.48. The van der Waals surface area contributed by atoms with Crippen molar-refractivity contribution < 1.29 is 4.79 Å². The van der Waals surface area contributed by atoms with Crippen molar-refractivity contribution in [2.45, 2.75) is 39.0 Å². The number of ketones is 1. The summed E-state index contributed by atoms with van der Waals surface area (Å²) in [5.74, 6) is 0.203. The SMILES string of the molecule is CCC=CCCCC=C1CC=CC1=O. The minimum absolute atomic E-state index is 0.203. The lowest BCUT2D eigenvalue weighted by atomic mass is 10.1. The molecule has 1 rings (SSSR count). The minimum Gasteiger partial charge on any atom is -0.290 e. The van der Waals surface area contributed by atoms with Crippen LogP contribution in [-0.2, 0) is 4.79 Å². The largest absolute Gasteiger partial charge is 0.290 e. The van der Waals surface area contributed by atoms with Crippen molar-refractivity contribution in [1.82, 2.24) is 0 Å². The van der Waals surface area contributed by atoms with Gasteiger partial charge in [-0.2, -0.15) is 0 Å². The van der Waals surface area contributed by atoms with Gasteiger partial charge in [0.1, 0.15) is 0 Å². The number of unbranched alkanes of at least 4 members (excludes halogenated alkanes) is 2. The molecule has 0 aliphatic heterocycles. The van der Waals surface area contributed by atoms with Gasteiger partial charge >= 0.3 is 0 Å². The average Bonchev–Trinajstić information content (AvgIpc) is 2.58. The molecule has 0 aromatic carbocycles. The monoisotopic (exact) mass is 190 g/mol. The lowest BCUT2D eigenvalue weighted by Gasteiger charge is -1.94. The number of hydrogen-bond donors (Lipinski definition) is 0. The molecule has 14 heavy (non-hydrogen) atoms. The first-order valence-electron chi connectivity index (χ1n) is 5.39. The molecule has 0 radical (unpaired) electrons. The molecule has 1 nitrogen and oxygen atoms in total. The topological polar surface area (TPSA) is 17.1 Å². The Bertz CT molecular complexity index is 269. The Morgan fingerprint density at radius 2 is 2.21 bits per heavy atom. The molecule has 1 aliphatic rings. The van der Waals surface area contributed by atoms with Crippen LogP contribution in [0.25, 0.3) is 0 Å². The third-order valence-corrected chi connectivity index (χ3v) is 2.29. The molecule has 1 aliphatic carbocycles. The lowest BCUT2D eigenvalue weighted by molar-refractivity contribution is -0.111. The molecule has 0 amide bonds. The number of carbonyl (C=O) groups excluding carboxylic acids is 1. The molecule has 0 atom stereocenters. The third-order valence-electron chi connectivity index (χ3n) is 2.29. The van der Waals surface area contributed by atoms with E-state index in [0.29, 0.717) is 0 Å². The highest BCUT2D eigenvalue weighted by Gasteiger charge is 2.08. The van der Waals surface area contributed by atoms with Gasteiger partial charge in [0, 0.05) is 0 Å². The third kappa shape index (κ3) is 3.73. The standard InChI is InChI=1S/C13H18O/c1-2-3-4-5-6-7-9-12-10-8-11-13(12)14/h3-4,8-9,11H,2,5-7,10H2,1H3. The molecular weight excluding hydrogens is 172 g/mol. The van der Waals surface area contributed by atoms with E-state index in [1.165, 1.54) is 0 Å². The van der Waals surface area contributed by atoms with Crippen LogP contribution in [0.1, 0.15) is 39.0 Å². The van der Waals surface area contributed by atoms with Crippen LogP contribution in [-0.4, -0.2) is 5.78 Å². The molecule has 0 heterocycles. The van der Waals surface area contributed by atoms with Crippen LogP contribution in [0.4, 0.5) is 0 Å². The first-order valence-corrected chi connectivity index (χ1v) is 5.39. The molecule has 0 unspecified atom stereocenters. The van der Waals surface area contributed by atoms with E-state index in [2.05, 4.69) is 25.2 Å². The highest BCUT2D eigenvalue weighted by molar-refractivity contribution is 6.06. The molecule has 0 fully saturated rings. The average molecular weight is 190 g/mol. The first kappa shape index (κ1) is 11.0. The van der Waals surface area contributed by atoms with Crippen LogP contribution in [0.3, 0.4) is 0 Å². The number of rotatable bonds is 5. The van der Waals surface area contributed by atoms with Gasteiger partial charge in [-0.25, -0.2) is 0 Å². The van der Waals surface area contributed by atoms with Crippen LogP contribution in [0.15, 0.2) is 36.0 Å². The van der Waals surface area contributed by atoms with Gasteiger partial charge in [-0.3, -0.25) is 4.79 Å². The Morgan fingerprint density at radius 3 is 2.86 bits per heavy atom. The van der Waals surface area contributed by atoms with Crippen LogP contribution in [0.2, 0.25) is 0 Å². The van der Waals surface area contributed by atoms with Crippen molar-refractivity contribution in [1.29, 1.82) is 0 Å². The van der Waals surface area contributed by atoms with Gasteiger partial charge in [0.2, 0.25) is 0 Å². The maximum absolute atomic E-state index is 11.2. The molecule has 0 saturated heterocycles. The van der Waals surface area contributed by atoms with E-state index < -0.39 is 0 Å². The van der Waals surface area contributed by atoms with Crippen molar-refractivity contribution in [3.63, 3.8) is 0 Å². The quantitative estimate of drug-likeness (QED) is 0.368. The van der Waals surface area contributed by atoms with Crippen LogP contribution < -0.4 is 0 Å². The first-order chi connectivity index (χ1) is 6.84. The zero-order valence-electron chi connectivity index (χ0n) is 8.83. The van der Waals surface area contributed by atoms with E-state index in [1.807, 2.05) is 6.08 Å². The second-order valence-electron chi connectivity index (χ2n) is 3.51. The summed E-state index contributed by atoms with van der Waals surface area (Å²) in [6.07, 6.45) is 15.3. The zero-order valence-corrected chi connectivity index (χ0v) is 8.83. The summed E-state index contributed by atoms with van der Waals surface area (Å²) >= 11 is 0. The van der Waals surface area contributed by atoms with E-state index >= 15 is 0 Å². The summed E-state index contributed by atoms with van der Waals surface area (Å²) in [5, 5.41) is 0. The highest BCUT2D eigenvalue weighted by Crippen LogP contribution is 2.14. The Balaban J connectivity index is 2.14. The van der Waals surface area contributed by atoms with Crippen molar-refractivity contribution in [3.05, 3.63) is 36.0 Å². The van der Waals surface area contributed by atoms with Crippen molar-refractivity contribution in [2.75, 3.05) is 0 Å². The van der Waals surface area contributed by atoms with Crippen LogP contribution >= 0.6 is 0 Å². The van der Waals surface area contributed by atoms with Gasteiger partial charge in [-0.05, 0) is 43.8 Å². The maximum Gasteiger partial charge on any atom is 0.181 e. The van der Waals surface area contributed by atoms with Gasteiger partial charge < -0.3 is 0 Å². The van der Waals surface area contributed by atoms with Crippen molar-refractivity contribution >= 4 is 5.78 Å². The predicted molar refractivity (Wildman–Crippen MR) is 60.1 cm³/mol. The molecule has 0 aromatic heterocycles. The second kappa shape index (κ2) is 6.36. The van der Waals surface area contributed by atoms with E-state index in [9.17, 15) is 4.79 Å². The fourth-order valence-corrected chi connectivity index (χ4v) is 1.48. The summed E-state index contributed by atoms with van der Waals surface area (Å²) in [5.41, 5.74) is 0.976. The van der Waals surface area contributed by atoms with E-state index in [-0.39, 0.29) is 5.78 Å². The summed E-state index contributed by atoms with van der Waals surface area (Å²) < 4.78 is 0. The Hall–Kier alpha value is -1.11. The number of allylic oxidation sites excluding steroid dienone is 6. The second-order valence-corrected chi connectivity index (χ2v) is 3.51. The molecule has 1 heteroatoms. The molecule has 0 bridgehead atoms. The smallest absolute Gasteiger partial charge is 0.181 e. The van der Waals surface area contributed by atoms with Crippen LogP contribution in [0, 0.1) is 0 Å². The minimum atomic E-state index is 0.203. The number of hydrogen-bond acceptors (Lipinski definition) is 1. The normalized spacial score (nSPS) is 18.9. The van der Waals surface area contributed by atoms with Gasteiger partial charge in [-0.15, -0.1) is 0 Å². The summed E-state index contributed by atoms with van der Waals surface area (Å²) in [6.45, 7) is 2.14. The Labute approximate surface area is 86.2 Å². The maximum atomic E-state index is 11.2. The fraction of sp³-hybridized carbons (Fsp3) is 0.462. The summed E-state index contributed by atoms with van der Waals surface area (Å²) in [4.78, 5) is 11.2. The molecule has 76 valence electrons. The van der Waals surface area contributed by atoms with Crippen LogP contribution in [0.5, 0.6) is 0 Å². The Morgan fingerprint density at radius 1 is 1.36 bits per heavy atom. The predicted octanol–water partition coefficient (Wildman–Crippen LogP) is 3.58. The molecular formula is C13H18O. The Kier molecular flexibility index (Phi) is 4.98. The zero-order chi connectivity index (χ0) is 10.2. The van der Waals surface area contributed by atoms with E-state index in [4.69, 9.17) is 0 Å². The number of carbonyl (C=O) groups is 1. The highest BCUT2D eigenvalue weighted by atomic mass is 16.1. The van der Waals surface area contributed by atoms with Crippen molar-refractivity contribution in [3.8, 4) is 0 Å². The van der Waals surface area contributed by atoms with Crippen molar-refractivity contribution in [2.24, 2.45) is 0 Å². The van der Waals surface area contributed by atoms with E-state index in [1.54, 1.807) is 6.08 Å². The molecule has 0 N–H and O–H groups in total. The van der Waals surface area contributed by atoms with Gasteiger partial charge in [0.05, 0.1) is 0 Å². The van der Waals surface area contributed by atoms with E-state index in [0.717, 1.165) is 37.7 Å². The summed E-state index contributed by atoms with van der Waals surface area (Å²) in [6, 6.07) is 0. The van der Waals surface area contributed by atoms with Gasteiger partial charge in [0.15, 0.2) is 5.78 Å². The lowest BCUT2D eigenvalue weighted by Crippen LogP contribution is -1.90. The molecule has 0 aromatic rings. The molecule has 0 spiro atoms. The summed E-state index contributed by atoms with van der Waals surface area (Å²) in [7, 11) is 0.